The summed E-state index contributed by atoms with van der Waals surface area (Å²) in [5, 5.41) is 3.39. The number of nitrogens with one attached hydrogen (secondary N) is 1. The lowest BCUT2D eigenvalue weighted by Crippen LogP contribution is -2.24. The summed E-state index contributed by atoms with van der Waals surface area (Å²) in [6.45, 7) is 5.30. The van der Waals surface area contributed by atoms with E-state index < -0.39 is 0 Å². The summed E-state index contributed by atoms with van der Waals surface area (Å²) < 4.78 is 0. The van der Waals surface area contributed by atoms with Crippen molar-refractivity contribution in [3.8, 4) is 0 Å². The van der Waals surface area contributed by atoms with E-state index in [1.165, 1.54) is 16.9 Å². The Morgan fingerprint density at radius 2 is 2.25 bits per heavy atom. The standard InChI is InChI=1S/C13H17N3/c1-2-15-7-8-16(10-15)12-3-4-13-11(9-12)5-6-14-13/h3-4,7-9,14H,2,5-6,10H2,1H3. The molecule has 0 fully saturated rings. The van der Waals surface area contributed by atoms with Gasteiger partial charge >= 0.3 is 0 Å². The Balaban J connectivity index is 1.83. The molecule has 0 bridgehead atoms. The van der Waals surface area contributed by atoms with E-state index in [0.717, 1.165) is 26.2 Å². The normalized spacial score (nSPS) is 17.8. The zero-order chi connectivity index (χ0) is 11.0. The molecular weight excluding hydrogens is 198 g/mol. The third kappa shape index (κ3) is 1.52. The smallest absolute Gasteiger partial charge is 0.0941 e. The molecule has 1 aromatic carbocycles. The second kappa shape index (κ2) is 3.74. The average molecular weight is 215 g/mol. The highest BCUT2D eigenvalue weighted by Gasteiger charge is 2.15. The van der Waals surface area contributed by atoms with Crippen molar-refractivity contribution in [1.29, 1.82) is 0 Å². The molecule has 0 aromatic heterocycles. The van der Waals surface area contributed by atoms with E-state index in [1.54, 1.807) is 0 Å². The van der Waals surface area contributed by atoms with Gasteiger partial charge in [-0.25, -0.2) is 0 Å². The molecule has 0 amide bonds. The van der Waals surface area contributed by atoms with Crippen LogP contribution in [0.15, 0.2) is 30.6 Å². The summed E-state index contributed by atoms with van der Waals surface area (Å²) >= 11 is 0. The molecular formula is C13H17N3. The van der Waals surface area contributed by atoms with Gasteiger partial charge in [0.1, 0.15) is 0 Å². The van der Waals surface area contributed by atoms with Gasteiger partial charge in [0, 0.05) is 36.9 Å². The van der Waals surface area contributed by atoms with E-state index in [2.05, 4.69) is 52.6 Å². The lowest BCUT2D eigenvalue weighted by molar-refractivity contribution is 0.429. The molecule has 0 unspecified atom stereocenters. The summed E-state index contributed by atoms with van der Waals surface area (Å²) in [6.07, 6.45) is 5.47. The van der Waals surface area contributed by atoms with E-state index in [4.69, 9.17) is 0 Å². The summed E-state index contributed by atoms with van der Waals surface area (Å²) in [5.74, 6) is 0. The van der Waals surface area contributed by atoms with Gasteiger partial charge in [0.25, 0.3) is 0 Å². The van der Waals surface area contributed by atoms with Crippen LogP contribution in [0.1, 0.15) is 12.5 Å². The first-order valence-corrected chi connectivity index (χ1v) is 5.92. The van der Waals surface area contributed by atoms with E-state index in [9.17, 15) is 0 Å². The van der Waals surface area contributed by atoms with Crippen molar-refractivity contribution >= 4 is 11.4 Å². The van der Waals surface area contributed by atoms with Gasteiger partial charge < -0.3 is 15.1 Å². The van der Waals surface area contributed by atoms with Gasteiger partial charge in [-0.05, 0) is 37.1 Å². The Morgan fingerprint density at radius 1 is 1.31 bits per heavy atom. The van der Waals surface area contributed by atoms with Crippen LogP contribution in [0.2, 0.25) is 0 Å². The summed E-state index contributed by atoms with van der Waals surface area (Å²) in [4.78, 5) is 4.59. The molecule has 2 aliphatic heterocycles. The van der Waals surface area contributed by atoms with Crippen LogP contribution in [-0.4, -0.2) is 24.7 Å². The van der Waals surface area contributed by atoms with Crippen LogP contribution in [0, 0.1) is 0 Å². The molecule has 2 heterocycles. The van der Waals surface area contributed by atoms with E-state index in [0.29, 0.717) is 0 Å². The van der Waals surface area contributed by atoms with Crippen LogP contribution >= 0.6 is 0 Å². The van der Waals surface area contributed by atoms with Gasteiger partial charge in [0.2, 0.25) is 0 Å². The predicted molar refractivity (Wildman–Crippen MR) is 67.5 cm³/mol. The minimum Gasteiger partial charge on any atom is -0.384 e. The zero-order valence-electron chi connectivity index (χ0n) is 9.61. The van der Waals surface area contributed by atoms with Crippen molar-refractivity contribution in [2.24, 2.45) is 0 Å². The number of hydrogen-bond donors (Lipinski definition) is 1. The van der Waals surface area contributed by atoms with Gasteiger partial charge in [-0.1, -0.05) is 0 Å². The van der Waals surface area contributed by atoms with Crippen molar-refractivity contribution in [1.82, 2.24) is 4.90 Å². The molecule has 3 heteroatoms. The van der Waals surface area contributed by atoms with Crippen LogP contribution in [0.4, 0.5) is 11.4 Å². The lowest BCUT2D eigenvalue weighted by Gasteiger charge is -2.20. The highest BCUT2D eigenvalue weighted by Crippen LogP contribution is 2.28. The third-order valence-electron chi connectivity index (χ3n) is 3.33. The van der Waals surface area contributed by atoms with Crippen LogP contribution in [-0.2, 0) is 6.42 Å². The Bertz CT molecular complexity index is 425. The zero-order valence-corrected chi connectivity index (χ0v) is 9.61. The predicted octanol–water partition coefficient (Wildman–Crippen LogP) is 2.23. The van der Waals surface area contributed by atoms with Gasteiger partial charge in [-0.15, -0.1) is 0 Å². The summed E-state index contributed by atoms with van der Waals surface area (Å²) in [6, 6.07) is 6.69. The average Bonchev–Trinajstić information content (AvgIpc) is 2.96. The Kier molecular flexibility index (Phi) is 2.24. The number of benzene rings is 1. The van der Waals surface area contributed by atoms with E-state index in [1.807, 2.05) is 0 Å². The topological polar surface area (TPSA) is 18.5 Å². The van der Waals surface area contributed by atoms with Gasteiger partial charge in [0.05, 0.1) is 6.67 Å². The fourth-order valence-electron chi connectivity index (χ4n) is 2.31. The van der Waals surface area contributed by atoms with E-state index >= 15 is 0 Å². The highest BCUT2D eigenvalue weighted by atomic mass is 15.3. The minimum atomic E-state index is 0.975. The Labute approximate surface area is 96.4 Å². The van der Waals surface area contributed by atoms with E-state index in [-0.39, 0.29) is 0 Å². The number of nitrogens with zero attached hydrogens (tertiary/aromatic N) is 2. The SMILES string of the molecule is CCN1C=CN(c2ccc3c(c2)CCN3)C1. The first-order valence-electron chi connectivity index (χ1n) is 5.92. The molecule has 3 nitrogen and oxygen atoms in total. The maximum Gasteiger partial charge on any atom is 0.0941 e. The fraction of sp³-hybridized carbons (Fsp3) is 0.385. The molecule has 0 atom stereocenters. The lowest BCUT2D eigenvalue weighted by atomic mass is 10.1. The molecule has 84 valence electrons. The molecule has 3 rings (SSSR count). The maximum atomic E-state index is 3.39. The molecule has 0 radical (unpaired) electrons. The third-order valence-corrected chi connectivity index (χ3v) is 3.33. The molecule has 0 aliphatic carbocycles. The van der Waals surface area contributed by atoms with Gasteiger partial charge in [-0.3, -0.25) is 0 Å². The van der Waals surface area contributed by atoms with Gasteiger partial charge in [0.15, 0.2) is 0 Å². The van der Waals surface area contributed by atoms with Crippen LogP contribution in [0.5, 0.6) is 0 Å². The number of rotatable bonds is 2. The summed E-state index contributed by atoms with van der Waals surface area (Å²) in [5.41, 5.74) is 4.05. The van der Waals surface area contributed by atoms with Crippen LogP contribution in [0.3, 0.4) is 0 Å². The molecule has 16 heavy (non-hydrogen) atoms. The first-order chi connectivity index (χ1) is 7.86. The Morgan fingerprint density at radius 3 is 3.06 bits per heavy atom. The number of hydrogen-bond acceptors (Lipinski definition) is 3. The highest BCUT2D eigenvalue weighted by molar-refractivity contribution is 5.64. The van der Waals surface area contributed by atoms with Crippen molar-refractivity contribution < 1.29 is 0 Å². The van der Waals surface area contributed by atoms with Gasteiger partial charge in [-0.2, -0.15) is 0 Å². The first kappa shape index (κ1) is 9.58. The molecule has 0 saturated heterocycles. The van der Waals surface area contributed by atoms with Crippen molar-refractivity contribution in [2.45, 2.75) is 13.3 Å². The van der Waals surface area contributed by atoms with Crippen molar-refractivity contribution in [3.63, 3.8) is 0 Å². The molecule has 1 aromatic rings. The maximum absolute atomic E-state index is 3.39. The number of anilines is 2. The van der Waals surface area contributed by atoms with Crippen molar-refractivity contribution in [3.05, 3.63) is 36.2 Å². The molecule has 0 spiro atoms. The molecule has 0 saturated carbocycles. The number of fused-ring (bicyclic) bond motifs is 1. The second-order valence-corrected chi connectivity index (χ2v) is 4.33. The fourth-order valence-corrected chi connectivity index (χ4v) is 2.31. The quantitative estimate of drug-likeness (QED) is 0.816. The minimum absolute atomic E-state index is 0.975. The largest absolute Gasteiger partial charge is 0.384 e. The monoisotopic (exact) mass is 215 g/mol. The molecule has 2 aliphatic rings. The van der Waals surface area contributed by atoms with Crippen molar-refractivity contribution in [2.75, 3.05) is 30.0 Å². The summed E-state index contributed by atoms with van der Waals surface area (Å²) in [7, 11) is 0. The van der Waals surface area contributed by atoms with Crippen LogP contribution < -0.4 is 10.2 Å². The second-order valence-electron chi connectivity index (χ2n) is 4.33. The van der Waals surface area contributed by atoms with Crippen LogP contribution in [0.25, 0.3) is 0 Å². The molecule has 1 N–H and O–H groups in total. The Hall–Kier alpha value is -1.64.